The molecule has 316 valence electrons. The number of aliphatic hydroxyl groups is 1. The molecule has 4 heterocycles. The second kappa shape index (κ2) is 15.7. The number of aromatic nitrogens is 2. The number of nitriles is 1. The van der Waals surface area contributed by atoms with Gasteiger partial charge in [-0.15, -0.1) is 0 Å². The SMILES string of the molecule is COc1nc(O[C@H]2CCc3c(-c4cccc(-c5nc6cc7c(c(C#N)c6o5)CC[C@H]7N5CC[C@@H](C(=O)NS(=O)(=O)C6CC6)C5)c4C)cccc32)c(Cl)cc1CN1CC[C@@H](O)C1. The molecular formula is C46H47ClN6O7S. The minimum Gasteiger partial charge on any atom is -0.481 e. The summed E-state index contributed by atoms with van der Waals surface area (Å²) in [6, 6.07) is 18.7. The molecule has 61 heavy (non-hydrogen) atoms. The summed E-state index contributed by atoms with van der Waals surface area (Å²) in [5, 5.41) is 20.4. The molecule has 2 aromatic heterocycles. The summed E-state index contributed by atoms with van der Waals surface area (Å²) in [5.41, 5.74) is 10.6. The van der Waals surface area contributed by atoms with Crippen molar-refractivity contribution in [2.75, 3.05) is 33.3 Å². The van der Waals surface area contributed by atoms with Gasteiger partial charge >= 0.3 is 0 Å². The van der Waals surface area contributed by atoms with Gasteiger partial charge in [0, 0.05) is 43.3 Å². The number of β-amino-alcohol motifs (C(OH)–C–C–N with tert-alkyl or cyclic N) is 1. The number of hydrogen-bond donors (Lipinski definition) is 2. The summed E-state index contributed by atoms with van der Waals surface area (Å²) < 4.78 is 45.9. The number of amides is 1. The normalized spacial score (nSPS) is 22.7. The topological polar surface area (TPSA) is 171 Å². The predicted octanol–water partition coefficient (Wildman–Crippen LogP) is 6.95. The Kier molecular flexibility index (Phi) is 10.3. The fourth-order valence-electron chi connectivity index (χ4n) is 10.1. The molecule has 2 saturated heterocycles. The maximum atomic E-state index is 13.0. The van der Waals surface area contributed by atoms with Crippen molar-refractivity contribution < 1.29 is 32.2 Å². The number of nitrogens with one attached hydrogen (secondary N) is 1. The van der Waals surface area contributed by atoms with Gasteiger partial charge in [0.15, 0.2) is 5.58 Å². The zero-order valence-electron chi connectivity index (χ0n) is 34.1. The third-order valence-electron chi connectivity index (χ3n) is 13.3. The summed E-state index contributed by atoms with van der Waals surface area (Å²) in [6.07, 6.45) is 4.98. The molecule has 3 aromatic carbocycles. The lowest BCUT2D eigenvalue weighted by atomic mass is 9.91. The van der Waals surface area contributed by atoms with Gasteiger partial charge in [-0.2, -0.15) is 10.2 Å². The van der Waals surface area contributed by atoms with Crippen molar-refractivity contribution in [3.63, 3.8) is 0 Å². The van der Waals surface area contributed by atoms with Crippen LogP contribution >= 0.6 is 11.6 Å². The molecule has 3 fully saturated rings. The van der Waals surface area contributed by atoms with Crippen LogP contribution in [0.3, 0.4) is 0 Å². The first-order chi connectivity index (χ1) is 29.5. The highest BCUT2D eigenvalue weighted by molar-refractivity contribution is 7.90. The maximum Gasteiger partial charge on any atom is 0.237 e. The summed E-state index contributed by atoms with van der Waals surface area (Å²) in [7, 11) is -2.01. The number of fused-ring (bicyclic) bond motifs is 3. The van der Waals surface area contributed by atoms with Crippen LogP contribution in [0.2, 0.25) is 5.02 Å². The molecule has 0 unspecified atom stereocenters. The molecule has 2 aliphatic heterocycles. The van der Waals surface area contributed by atoms with E-state index in [0.717, 1.165) is 76.7 Å². The number of carbonyl (C=O) groups is 1. The average molecular weight is 863 g/mol. The van der Waals surface area contributed by atoms with Crippen LogP contribution in [0.25, 0.3) is 33.7 Å². The molecule has 10 rings (SSSR count). The van der Waals surface area contributed by atoms with Gasteiger partial charge in [-0.3, -0.25) is 19.3 Å². The summed E-state index contributed by atoms with van der Waals surface area (Å²) >= 11 is 6.78. The van der Waals surface area contributed by atoms with Gasteiger partial charge in [-0.05, 0) is 122 Å². The molecule has 0 spiro atoms. The first-order valence-electron chi connectivity index (χ1n) is 21.2. The van der Waals surface area contributed by atoms with Crippen LogP contribution in [0.5, 0.6) is 11.8 Å². The quantitative estimate of drug-likeness (QED) is 0.140. The van der Waals surface area contributed by atoms with Crippen molar-refractivity contribution >= 4 is 38.6 Å². The van der Waals surface area contributed by atoms with Gasteiger partial charge in [0.1, 0.15) is 28.3 Å². The second-order valence-corrected chi connectivity index (χ2v) is 19.5. The number of pyridine rings is 1. The van der Waals surface area contributed by atoms with Crippen molar-refractivity contribution in [3.8, 4) is 40.4 Å². The number of halogens is 1. The number of methoxy groups -OCH3 is 1. The Morgan fingerprint density at radius 2 is 1.75 bits per heavy atom. The molecular weight excluding hydrogens is 816 g/mol. The lowest BCUT2D eigenvalue weighted by Crippen LogP contribution is -2.38. The van der Waals surface area contributed by atoms with Crippen molar-refractivity contribution in [3.05, 3.63) is 92.5 Å². The monoisotopic (exact) mass is 862 g/mol. The average Bonchev–Trinajstić information content (AvgIpc) is 3.66. The minimum atomic E-state index is -3.60. The van der Waals surface area contributed by atoms with Gasteiger partial charge < -0.3 is 19.0 Å². The van der Waals surface area contributed by atoms with E-state index in [1.165, 1.54) is 5.56 Å². The Labute approximate surface area is 359 Å². The van der Waals surface area contributed by atoms with Crippen LogP contribution in [0.4, 0.5) is 0 Å². The van der Waals surface area contributed by atoms with Crippen molar-refractivity contribution in [2.45, 2.75) is 88.3 Å². The number of carbonyl (C=O) groups excluding carboxylic acids is 1. The smallest absolute Gasteiger partial charge is 0.237 e. The molecule has 4 atom stereocenters. The molecule has 5 aliphatic rings. The Morgan fingerprint density at radius 3 is 2.52 bits per heavy atom. The number of likely N-dealkylation sites (tertiary alicyclic amines) is 2. The first kappa shape index (κ1) is 40.1. The zero-order chi connectivity index (χ0) is 42.2. The van der Waals surface area contributed by atoms with Crippen LogP contribution in [0, 0.1) is 24.2 Å². The van der Waals surface area contributed by atoms with E-state index >= 15 is 0 Å². The predicted molar refractivity (Wildman–Crippen MR) is 229 cm³/mol. The molecule has 1 saturated carbocycles. The Bertz CT molecular complexity index is 2750. The van der Waals surface area contributed by atoms with E-state index in [0.29, 0.717) is 91.2 Å². The van der Waals surface area contributed by atoms with Gasteiger partial charge in [0.05, 0.1) is 24.4 Å². The lowest BCUT2D eigenvalue weighted by Gasteiger charge is -2.24. The number of hydrogen-bond acceptors (Lipinski definition) is 12. The molecule has 3 aliphatic carbocycles. The van der Waals surface area contributed by atoms with Crippen molar-refractivity contribution in [2.24, 2.45) is 5.92 Å². The van der Waals surface area contributed by atoms with E-state index < -0.39 is 27.1 Å². The molecule has 0 bridgehead atoms. The van der Waals surface area contributed by atoms with Crippen LogP contribution in [-0.2, 0) is 34.2 Å². The fraction of sp³-hybridized carbons (Fsp3) is 0.435. The highest BCUT2D eigenvalue weighted by Gasteiger charge is 2.41. The Balaban J connectivity index is 0.898. The Morgan fingerprint density at radius 1 is 0.967 bits per heavy atom. The van der Waals surface area contributed by atoms with E-state index in [-0.39, 0.29) is 18.2 Å². The fourth-order valence-corrected chi connectivity index (χ4v) is 11.6. The lowest BCUT2D eigenvalue weighted by molar-refractivity contribution is -0.122. The highest BCUT2D eigenvalue weighted by Crippen LogP contribution is 2.46. The number of benzene rings is 3. The molecule has 0 radical (unpaired) electrons. The molecule has 1 amide bonds. The third kappa shape index (κ3) is 7.34. The second-order valence-electron chi connectivity index (χ2n) is 17.2. The number of sulfonamides is 1. The maximum absolute atomic E-state index is 13.0. The van der Waals surface area contributed by atoms with E-state index in [1.54, 1.807) is 7.11 Å². The molecule has 13 nitrogen and oxygen atoms in total. The largest absolute Gasteiger partial charge is 0.481 e. The highest BCUT2D eigenvalue weighted by atomic mass is 35.5. The standard InChI is InChI=1S/C46H47ClN6O7S/c1-25-30(32-7-4-8-35-33(32)12-14-41(35)59-46-38(47)19-27(44(50-46)58-2)22-52-17-16-28(54)24-52)5-3-6-31(25)45-49-39-20-36-34(37(21-48)42(39)60-45)11-13-40(36)53-18-15-26(23-53)43(55)51-61(56,57)29-9-10-29/h3-8,19-20,26,28-29,40-41,54H,9-18,22-24H2,1-2H3,(H,51,55)/t26-,28-,40-,41+/m1/s1. The third-order valence-corrected chi connectivity index (χ3v) is 15.4. The van der Waals surface area contributed by atoms with Crippen LogP contribution in [0.1, 0.15) is 89.6 Å². The molecule has 2 N–H and O–H groups in total. The van der Waals surface area contributed by atoms with Gasteiger partial charge in [-0.1, -0.05) is 41.9 Å². The Hall–Kier alpha value is -5.04. The summed E-state index contributed by atoms with van der Waals surface area (Å²) in [4.78, 5) is 27.1. The van der Waals surface area contributed by atoms with Crippen LogP contribution in [0.15, 0.2) is 52.9 Å². The van der Waals surface area contributed by atoms with Crippen LogP contribution < -0.4 is 14.2 Å². The first-order valence-corrected chi connectivity index (χ1v) is 23.1. The van der Waals surface area contributed by atoms with Gasteiger partial charge in [0.2, 0.25) is 33.6 Å². The number of oxazole rings is 1. The summed E-state index contributed by atoms with van der Waals surface area (Å²) in [5.74, 6) is 0.387. The molecule has 5 aromatic rings. The van der Waals surface area contributed by atoms with Gasteiger partial charge in [0.25, 0.3) is 0 Å². The number of nitrogens with zero attached hydrogens (tertiary/aromatic N) is 5. The van der Waals surface area contributed by atoms with Crippen molar-refractivity contribution in [1.82, 2.24) is 24.5 Å². The number of aliphatic hydroxyl groups excluding tert-OH is 1. The minimum absolute atomic E-state index is 0.00800. The van der Waals surface area contributed by atoms with E-state index in [4.69, 9.17) is 35.5 Å². The summed E-state index contributed by atoms with van der Waals surface area (Å²) in [6.45, 7) is 5.17. The van der Waals surface area contributed by atoms with E-state index in [2.05, 4.69) is 45.7 Å². The number of rotatable bonds is 11. The van der Waals surface area contributed by atoms with Gasteiger partial charge in [-0.25, -0.2) is 13.4 Å². The van der Waals surface area contributed by atoms with Crippen molar-refractivity contribution in [1.29, 1.82) is 5.26 Å². The van der Waals surface area contributed by atoms with E-state index in [9.17, 15) is 23.6 Å². The van der Waals surface area contributed by atoms with Crippen LogP contribution in [-0.4, -0.2) is 83.8 Å². The number of ether oxygens (including phenoxy) is 2. The van der Waals surface area contributed by atoms with E-state index in [1.807, 2.05) is 30.3 Å². The zero-order valence-corrected chi connectivity index (χ0v) is 35.7. The molecule has 15 heteroatoms.